The van der Waals surface area contributed by atoms with Crippen molar-refractivity contribution in [3.05, 3.63) is 42.0 Å². The number of hydrogen-bond donors (Lipinski definition) is 2. The number of aryl methyl sites for hydroxylation is 1. The summed E-state index contributed by atoms with van der Waals surface area (Å²) < 4.78 is 26.6. The van der Waals surface area contributed by atoms with Gasteiger partial charge in [-0.25, -0.2) is 17.9 Å². The van der Waals surface area contributed by atoms with Crippen molar-refractivity contribution in [2.24, 2.45) is 0 Å². The summed E-state index contributed by atoms with van der Waals surface area (Å²) in [7, 11) is -3.64. The third-order valence-corrected chi connectivity index (χ3v) is 4.20. The SMILES string of the molecule is C=CC[C@H](C)NS(=O)(=O)c1ccc(C(=O)O)c(C)c1. The molecule has 0 fully saturated rings. The Hall–Kier alpha value is -1.66. The molecule has 1 atom stereocenters. The maximum absolute atomic E-state index is 12.1. The van der Waals surface area contributed by atoms with Gasteiger partial charge in [-0.15, -0.1) is 6.58 Å². The summed E-state index contributed by atoms with van der Waals surface area (Å²) in [6.45, 7) is 6.85. The number of benzene rings is 1. The Morgan fingerprint density at radius 1 is 1.53 bits per heavy atom. The van der Waals surface area contributed by atoms with E-state index < -0.39 is 16.0 Å². The van der Waals surface area contributed by atoms with Gasteiger partial charge in [0.1, 0.15) is 0 Å². The summed E-state index contributed by atoms with van der Waals surface area (Å²) in [6, 6.07) is 3.68. The number of aromatic carboxylic acids is 1. The van der Waals surface area contributed by atoms with Gasteiger partial charge in [0, 0.05) is 6.04 Å². The lowest BCUT2D eigenvalue weighted by atomic mass is 10.1. The van der Waals surface area contributed by atoms with Gasteiger partial charge < -0.3 is 5.11 Å². The monoisotopic (exact) mass is 283 g/mol. The van der Waals surface area contributed by atoms with Crippen LogP contribution >= 0.6 is 0 Å². The molecule has 0 aliphatic rings. The van der Waals surface area contributed by atoms with E-state index in [1.54, 1.807) is 19.9 Å². The first-order chi connectivity index (χ1) is 8.77. The van der Waals surface area contributed by atoms with Crippen LogP contribution in [0.25, 0.3) is 0 Å². The van der Waals surface area contributed by atoms with Gasteiger partial charge in [-0.1, -0.05) is 6.08 Å². The lowest BCUT2D eigenvalue weighted by Crippen LogP contribution is -2.32. The average molecular weight is 283 g/mol. The summed E-state index contributed by atoms with van der Waals surface area (Å²) >= 11 is 0. The highest BCUT2D eigenvalue weighted by Crippen LogP contribution is 2.16. The van der Waals surface area contributed by atoms with Gasteiger partial charge in [-0.3, -0.25) is 0 Å². The van der Waals surface area contributed by atoms with Crippen LogP contribution < -0.4 is 4.72 Å². The van der Waals surface area contributed by atoms with E-state index in [1.165, 1.54) is 18.2 Å². The minimum atomic E-state index is -3.64. The number of carboxylic acids is 1. The Morgan fingerprint density at radius 3 is 2.63 bits per heavy atom. The van der Waals surface area contributed by atoms with Crippen LogP contribution in [0.5, 0.6) is 0 Å². The highest BCUT2D eigenvalue weighted by Gasteiger charge is 2.18. The van der Waals surface area contributed by atoms with E-state index in [2.05, 4.69) is 11.3 Å². The Balaban J connectivity index is 3.06. The Morgan fingerprint density at radius 2 is 2.16 bits per heavy atom. The van der Waals surface area contributed by atoms with Crippen LogP contribution in [-0.4, -0.2) is 25.5 Å². The van der Waals surface area contributed by atoms with Crippen LogP contribution in [-0.2, 0) is 10.0 Å². The molecule has 0 aromatic heterocycles. The molecule has 0 bridgehead atoms. The van der Waals surface area contributed by atoms with Crippen LogP contribution in [0, 0.1) is 6.92 Å². The standard InChI is InChI=1S/C13H17NO4S/c1-4-5-10(3)14-19(17,18)11-6-7-12(13(15)16)9(2)8-11/h4,6-8,10,14H,1,5H2,2-3H3,(H,15,16)/t10-/m0/s1. The molecule has 0 spiro atoms. The summed E-state index contributed by atoms with van der Waals surface area (Å²) in [4.78, 5) is 10.9. The Labute approximate surface area is 113 Å². The number of rotatable bonds is 6. The molecule has 5 nitrogen and oxygen atoms in total. The number of sulfonamides is 1. The second-order valence-corrected chi connectivity index (χ2v) is 6.04. The molecule has 6 heteroatoms. The van der Waals surface area contributed by atoms with Crippen LogP contribution in [0.4, 0.5) is 0 Å². The Kier molecular flexibility index (Phi) is 4.85. The smallest absolute Gasteiger partial charge is 0.335 e. The summed E-state index contributed by atoms with van der Waals surface area (Å²) in [5.41, 5.74) is 0.504. The van der Waals surface area contributed by atoms with Crippen molar-refractivity contribution in [3.8, 4) is 0 Å². The van der Waals surface area contributed by atoms with E-state index in [4.69, 9.17) is 5.11 Å². The Bertz CT molecular complexity index is 593. The minimum Gasteiger partial charge on any atom is -0.478 e. The molecule has 0 aliphatic heterocycles. The molecule has 104 valence electrons. The van der Waals surface area contributed by atoms with Crippen LogP contribution in [0.2, 0.25) is 0 Å². The molecule has 0 unspecified atom stereocenters. The predicted molar refractivity (Wildman–Crippen MR) is 72.7 cm³/mol. The molecule has 0 aliphatic carbocycles. The average Bonchev–Trinajstić information content (AvgIpc) is 2.27. The predicted octanol–water partition coefficient (Wildman–Crippen LogP) is 1.94. The fourth-order valence-corrected chi connectivity index (χ4v) is 3.02. The van der Waals surface area contributed by atoms with Crippen molar-refractivity contribution in [1.29, 1.82) is 0 Å². The van der Waals surface area contributed by atoms with Crippen molar-refractivity contribution < 1.29 is 18.3 Å². The van der Waals surface area contributed by atoms with Crippen molar-refractivity contribution in [3.63, 3.8) is 0 Å². The topological polar surface area (TPSA) is 83.5 Å². The van der Waals surface area contributed by atoms with Gasteiger partial charge >= 0.3 is 5.97 Å². The van der Waals surface area contributed by atoms with E-state index in [0.29, 0.717) is 12.0 Å². The molecule has 2 N–H and O–H groups in total. The fourth-order valence-electron chi connectivity index (χ4n) is 1.67. The third kappa shape index (κ3) is 3.90. The second kappa shape index (κ2) is 5.99. The first-order valence-electron chi connectivity index (χ1n) is 5.75. The van der Waals surface area contributed by atoms with Crippen molar-refractivity contribution >= 4 is 16.0 Å². The highest BCUT2D eigenvalue weighted by molar-refractivity contribution is 7.89. The fraction of sp³-hybridized carbons (Fsp3) is 0.308. The van der Waals surface area contributed by atoms with Crippen LogP contribution in [0.1, 0.15) is 29.3 Å². The van der Waals surface area contributed by atoms with Gasteiger partial charge in [0.15, 0.2) is 0 Å². The van der Waals surface area contributed by atoms with Crippen LogP contribution in [0.3, 0.4) is 0 Å². The molecule has 1 aromatic carbocycles. The molecule has 0 saturated heterocycles. The molecule has 0 radical (unpaired) electrons. The van der Waals surface area contributed by atoms with E-state index in [1.807, 2.05) is 0 Å². The van der Waals surface area contributed by atoms with Gasteiger partial charge in [0.25, 0.3) is 0 Å². The molecule has 0 amide bonds. The van der Waals surface area contributed by atoms with E-state index in [0.717, 1.165) is 0 Å². The van der Waals surface area contributed by atoms with Gasteiger partial charge in [0.2, 0.25) is 10.0 Å². The van der Waals surface area contributed by atoms with Gasteiger partial charge in [-0.2, -0.15) is 0 Å². The second-order valence-electron chi connectivity index (χ2n) is 4.33. The van der Waals surface area contributed by atoms with E-state index in [-0.39, 0.29) is 16.5 Å². The normalized spacial score (nSPS) is 12.9. The summed E-state index contributed by atoms with van der Waals surface area (Å²) in [5, 5.41) is 8.90. The lowest BCUT2D eigenvalue weighted by molar-refractivity contribution is 0.0696. The van der Waals surface area contributed by atoms with Crippen LogP contribution in [0.15, 0.2) is 35.7 Å². The van der Waals surface area contributed by atoms with E-state index >= 15 is 0 Å². The summed E-state index contributed by atoms with van der Waals surface area (Å²) in [5.74, 6) is -1.07. The highest BCUT2D eigenvalue weighted by atomic mass is 32.2. The van der Waals surface area contributed by atoms with Gasteiger partial charge in [-0.05, 0) is 44.0 Å². The molecular formula is C13H17NO4S. The zero-order valence-electron chi connectivity index (χ0n) is 10.9. The molecule has 1 rings (SSSR count). The minimum absolute atomic E-state index is 0.0610. The van der Waals surface area contributed by atoms with Crippen molar-refractivity contribution in [1.82, 2.24) is 4.72 Å². The van der Waals surface area contributed by atoms with E-state index in [9.17, 15) is 13.2 Å². The van der Waals surface area contributed by atoms with Crippen molar-refractivity contribution in [2.45, 2.75) is 31.2 Å². The molecule has 0 saturated carbocycles. The number of carbonyl (C=O) groups is 1. The molecule has 0 heterocycles. The zero-order chi connectivity index (χ0) is 14.6. The largest absolute Gasteiger partial charge is 0.478 e. The maximum atomic E-state index is 12.1. The summed E-state index contributed by atoms with van der Waals surface area (Å²) in [6.07, 6.45) is 2.15. The quantitative estimate of drug-likeness (QED) is 0.781. The first-order valence-corrected chi connectivity index (χ1v) is 7.23. The van der Waals surface area contributed by atoms with Gasteiger partial charge in [0.05, 0.1) is 10.5 Å². The van der Waals surface area contributed by atoms with Crippen molar-refractivity contribution in [2.75, 3.05) is 0 Å². The maximum Gasteiger partial charge on any atom is 0.335 e. The number of nitrogens with one attached hydrogen (secondary N) is 1. The molecule has 1 aromatic rings. The number of hydrogen-bond acceptors (Lipinski definition) is 3. The first kappa shape index (κ1) is 15.4. The zero-order valence-corrected chi connectivity index (χ0v) is 11.7. The molecular weight excluding hydrogens is 266 g/mol. The number of carboxylic acid groups (broad SMARTS) is 1. The lowest BCUT2D eigenvalue weighted by Gasteiger charge is -2.13. The third-order valence-electron chi connectivity index (χ3n) is 2.62. The molecule has 19 heavy (non-hydrogen) atoms.